The molecule has 0 fully saturated rings. The summed E-state index contributed by atoms with van der Waals surface area (Å²) in [6, 6.07) is 5.94. The van der Waals surface area contributed by atoms with Crippen molar-refractivity contribution in [2.24, 2.45) is 0 Å². The number of hydrogen-bond donors (Lipinski definition) is 1. The molecule has 1 N–H and O–H groups in total. The van der Waals surface area contributed by atoms with E-state index in [0.29, 0.717) is 6.61 Å². The fraction of sp³-hybridized carbons (Fsp3) is 0.538. The maximum atomic E-state index is 9.36. The smallest absolute Gasteiger partial charge is 0.119 e. The highest BCUT2D eigenvalue weighted by atomic mass is 16.5. The molecule has 1 aromatic carbocycles. The first-order valence-corrected chi connectivity index (χ1v) is 5.31. The first kappa shape index (κ1) is 13.0. The van der Waals surface area contributed by atoms with E-state index in [-0.39, 0.29) is 12.0 Å². The van der Waals surface area contributed by atoms with Crippen molar-refractivity contribution >= 4 is 0 Å². The summed E-state index contributed by atoms with van der Waals surface area (Å²) in [5.74, 6) is 0.797. The van der Waals surface area contributed by atoms with Crippen LogP contribution < -0.4 is 4.74 Å². The SMILES string of the molecule is COCc1cc(OC)cc(C(C)(C)CO)c1. The molecule has 0 saturated heterocycles. The summed E-state index contributed by atoms with van der Waals surface area (Å²) in [5.41, 5.74) is 1.84. The molecule has 3 heteroatoms. The van der Waals surface area contributed by atoms with E-state index in [1.807, 2.05) is 32.0 Å². The molecule has 0 aliphatic carbocycles. The van der Waals surface area contributed by atoms with Crippen LogP contribution in [0, 0.1) is 0 Å². The molecule has 90 valence electrons. The van der Waals surface area contributed by atoms with Gasteiger partial charge in [0.2, 0.25) is 0 Å². The first-order chi connectivity index (χ1) is 7.53. The maximum Gasteiger partial charge on any atom is 0.119 e. The van der Waals surface area contributed by atoms with E-state index in [0.717, 1.165) is 16.9 Å². The van der Waals surface area contributed by atoms with E-state index < -0.39 is 0 Å². The Bertz CT molecular complexity index is 345. The number of rotatable bonds is 5. The summed E-state index contributed by atoms with van der Waals surface area (Å²) in [6.07, 6.45) is 0. The van der Waals surface area contributed by atoms with Crippen molar-refractivity contribution in [2.75, 3.05) is 20.8 Å². The predicted octanol–water partition coefficient (Wildman–Crippen LogP) is 2.11. The highest BCUT2D eigenvalue weighted by Crippen LogP contribution is 2.28. The third-order valence-electron chi connectivity index (χ3n) is 2.69. The third kappa shape index (κ3) is 2.97. The number of aliphatic hydroxyl groups is 1. The molecule has 0 aromatic heterocycles. The minimum absolute atomic E-state index is 0.104. The Labute approximate surface area is 97.0 Å². The Hall–Kier alpha value is -1.06. The summed E-state index contributed by atoms with van der Waals surface area (Å²) in [4.78, 5) is 0. The molecule has 0 amide bonds. The molecule has 1 aromatic rings. The number of methoxy groups -OCH3 is 2. The van der Waals surface area contributed by atoms with E-state index in [4.69, 9.17) is 9.47 Å². The lowest BCUT2D eigenvalue weighted by Crippen LogP contribution is -2.22. The minimum atomic E-state index is -0.267. The summed E-state index contributed by atoms with van der Waals surface area (Å²) in [5, 5.41) is 9.36. The largest absolute Gasteiger partial charge is 0.497 e. The molecule has 0 unspecified atom stereocenters. The van der Waals surface area contributed by atoms with Crippen LogP contribution >= 0.6 is 0 Å². The second kappa shape index (κ2) is 5.32. The van der Waals surface area contributed by atoms with Gasteiger partial charge in [-0.3, -0.25) is 0 Å². The zero-order chi connectivity index (χ0) is 12.2. The molecule has 16 heavy (non-hydrogen) atoms. The van der Waals surface area contributed by atoms with Crippen LogP contribution in [0.15, 0.2) is 18.2 Å². The van der Waals surface area contributed by atoms with Crippen LogP contribution in [-0.4, -0.2) is 25.9 Å². The zero-order valence-electron chi connectivity index (χ0n) is 10.4. The van der Waals surface area contributed by atoms with Crippen molar-refractivity contribution in [2.45, 2.75) is 25.9 Å². The predicted molar refractivity (Wildman–Crippen MR) is 63.8 cm³/mol. The molecule has 3 nitrogen and oxygen atoms in total. The quantitative estimate of drug-likeness (QED) is 0.832. The van der Waals surface area contributed by atoms with Crippen molar-refractivity contribution in [3.05, 3.63) is 29.3 Å². The van der Waals surface area contributed by atoms with Gasteiger partial charge in [0.05, 0.1) is 20.3 Å². The van der Waals surface area contributed by atoms with Crippen molar-refractivity contribution in [3.8, 4) is 5.75 Å². The van der Waals surface area contributed by atoms with E-state index in [2.05, 4.69) is 0 Å². The second-order valence-electron chi connectivity index (χ2n) is 4.54. The molecule has 0 radical (unpaired) electrons. The molecule has 0 heterocycles. The standard InChI is InChI=1S/C13H20O3/c1-13(2,9-14)11-5-10(8-15-3)6-12(7-11)16-4/h5-7,14H,8-9H2,1-4H3. The lowest BCUT2D eigenvalue weighted by Gasteiger charge is -2.23. The van der Waals surface area contributed by atoms with Crippen LogP contribution in [0.5, 0.6) is 5.75 Å². The summed E-state index contributed by atoms with van der Waals surface area (Å²) < 4.78 is 10.4. The van der Waals surface area contributed by atoms with Crippen molar-refractivity contribution < 1.29 is 14.6 Å². The lowest BCUT2D eigenvalue weighted by atomic mass is 9.84. The topological polar surface area (TPSA) is 38.7 Å². The summed E-state index contributed by atoms with van der Waals surface area (Å²) in [6.45, 7) is 4.65. The van der Waals surface area contributed by atoms with Crippen LogP contribution in [0.4, 0.5) is 0 Å². The van der Waals surface area contributed by atoms with Gasteiger partial charge in [0, 0.05) is 12.5 Å². The third-order valence-corrected chi connectivity index (χ3v) is 2.69. The van der Waals surface area contributed by atoms with Gasteiger partial charge < -0.3 is 14.6 Å². The minimum Gasteiger partial charge on any atom is -0.497 e. The van der Waals surface area contributed by atoms with Gasteiger partial charge in [0.25, 0.3) is 0 Å². The zero-order valence-corrected chi connectivity index (χ0v) is 10.4. The Morgan fingerprint density at radius 2 is 1.88 bits per heavy atom. The van der Waals surface area contributed by atoms with Crippen LogP contribution in [-0.2, 0) is 16.8 Å². The fourth-order valence-electron chi connectivity index (χ4n) is 1.51. The second-order valence-corrected chi connectivity index (χ2v) is 4.54. The Morgan fingerprint density at radius 3 is 2.38 bits per heavy atom. The molecular weight excluding hydrogens is 204 g/mol. The van der Waals surface area contributed by atoms with Gasteiger partial charge in [0.1, 0.15) is 5.75 Å². The van der Waals surface area contributed by atoms with Crippen molar-refractivity contribution in [1.82, 2.24) is 0 Å². The van der Waals surface area contributed by atoms with Crippen LogP contribution in [0.2, 0.25) is 0 Å². The van der Waals surface area contributed by atoms with Crippen molar-refractivity contribution in [1.29, 1.82) is 0 Å². The maximum absolute atomic E-state index is 9.36. The van der Waals surface area contributed by atoms with Gasteiger partial charge in [-0.2, -0.15) is 0 Å². The molecule has 0 spiro atoms. The van der Waals surface area contributed by atoms with E-state index in [1.54, 1.807) is 14.2 Å². The molecular formula is C13H20O3. The van der Waals surface area contributed by atoms with Gasteiger partial charge in [-0.25, -0.2) is 0 Å². The average Bonchev–Trinajstić information content (AvgIpc) is 2.29. The highest BCUT2D eigenvalue weighted by Gasteiger charge is 2.20. The molecule has 0 aliphatic heterocycles. The number of benzene rings is 1. The Morgan fingerprint density at radius 1 is 1.19 bits per heavy atom. The average molecular weight is 224 g/mol. The van der Waals surface area contributed by atoms with E-state index in [9.17, 15) is 5.11 Å². The van der Waals surface area contributed by atoms with Crippen LogP contribution in [0.25, 0.3) is 0 Å². The fourth-order valence-corrected chi connectivity index (χ4v) is 1.51. The molecule has 0 aliphatic rings. The Balaban J connectivity index is 3.13. The van der Waals surface area contributed by atoms with Gasteiger partial charge in [-0.1, -0.05) is 19.9 Å². The number of ether oxygens (including phenoxy) is 2. The Kier molecular flexibility index (Phi) is 4.33. The summed E-state index contributed by atoms with van der Waals surface area (Å²) in [7, 11) is 3.30. The molecule has 0 atom stereocenters. The van der Waals surface area contributed by atoms with E-state index in [1.165, 1.54) is 0 Å². The molecule has 1 rings (SSSR count). The number of hydrogen-bond acceptors (Lipinski definition) is 3. The highest BCUT2D eigenvalue weighted by molar-refractivity contribution is 5.38. The van der Waals surface area contributed by atoms with Crippen molar-refractivity contribution in [3.63, 3.8) is 0 Å². The van der Waals surface area contributed by atoms with Gasteiger partial charge >= 0.3 is 0 Å². The van der Waals surface area contributed by atoms with Crippen LogP contribution in [0.3, 0.4) is 0 Å². The summed E-state index contributed by atoms with van der Waals surface area (Å²) >= 11 is 0. The monoisotopic (exact) mass is 224 g/mol. The molecule has 0 bridgehead atoms. The van der Waals surface area contributed by atoms with Crippen LogP contribution in [0.1, 0.15) is 25.0 Å². The molecule has 0 saturated carbocycles. The van der Waals surface area contributed by atoms with Gasteiger partial charge in [0.15, 0.2) is 0 Å². The number of aliphatic hydroxyl groups excluding tert-OH is 1. The van der Waals surface area contributed by atoms with E-state index >= 15 is 0 Å². The normalized spacial score (nSPS) is 11.6. The lowest BCUT2D eigenvalue weighted by molar-refractivity contribution is 0.184. The first-order valence-electron chi connectivity index (χ1n) is 5.31. The van der Waals surface area contributed by atoms with Gasteiger partial charge in [-0.15, -0.1) is 0 Å². The van der Waals surface area contributed by atoms with Gasteiger partial charge in [-0.05, 0) is 23.3 Å².